The normalized spacial score (nSPS) is 11.6. The molecular formula is C24H20FNO3S. The third kappa shape index (κ3) is 4.04. The van der Waals surface area contributed by atoms with Gasteiger partial charge in [0.05, 0.1) is 4.90 Å². The first-order valence-corrected chi connectivity index (χ1v) is 11.3. The lowest BCUT2D eigenvalue weighted by molar-refractivity contribution is 0.519. The number of benzene rings is 3. The van der Waals surface area contributed by atoms with Crippen LogP contribution >= 0.6 is 0 Å². The molecule has 1 aromatic heterocycles. The number of aromatic nitrogens is 1. The smallest absolute Gasteiger partial charge is 0.199 e. The summed E-state index contributed by atoms with van der Waals surface area (Å²) in [6.45, 7) is 1.70. The van der Waals surface area contributed by atoms with Gasteiger partial charge in [0.2, 0.25) is 0 Å². The maximum Gasteiger partial charge on any atom is 0.199 e. The molecule has 4 aromatic rings. The number of hydrogen-bond acceptors (Lipinski definition) is 4. The Labute approximate surface area is 175 Å². The summed E-state index contributed by atoms with van der Waals surface area (Å²) in [6, 6.07) is 21.1. The average Bonchev–Trinajstić information content (AvgIpc) is 3.14. The number of oxazole rings is 1. The van der Waals surface area contributed by atoms with Gasteiger partial charge in [-0.3, -0.25) is 0 Å². The van der Waals surface area contributed by atoms with Crippen LogP contribution in [0.25, 0.3) is 22.6 Å². The van der Waals surface area contributed by atoms with Gasteiger partial charge in [0.25, 0.3) is 0 Å². The molecule has 3 aromatic carbocycles. The van der Waals surface area contributed by atoms with Gasteiger partial charge in [-0.15, -0.1) is 0 Å². The molecule has 152 valence electrons. The Morgan fingerprint density at radius 3 is 2.30 bits per heavy atom. The summed E-state index contributed by atoms with van der Waals surface area (Å²) < 4.78 is 43.9. The summed E-state index contributed by atoms with van der Waals surface area (Å²) in [6.07, 6.45) is 1.65. The van der Waals surface area contributed by atoms with Gasteiger partial charge in [0.15, 0.2) is 21.5 Å². The van der Waals surface area contributed by atoms with E-state index in [1.807, 2.05) is 30.3 Å². The Morgan fingerprint density at radius 1 is 0.933 bits per heavy atom. The first kappa shape index (κ1) is 20.0. The van der Waals surface area contributed by atoms with Gasteiger partial charge in [0.1, 0.15) is 11.5 Å². The molecule has 0 amide bonds. The fraction of sp³-hybridized carbons (Fsp3) is 0.125. The van der Waals surface area contributed by atoms with Gasteiger partial charge in [-0.25, -0.2) is 17.8 Å². The second-order valence-electron chi connectivity index (χ2n) is 7.16. The molecule has 0 saturated carbocycles. The van der Waals surface area contributed by atoms with Crippen LogP contribution in [0.3, 0.4) is 0 Å². The molecule has 0 spiro atoms. The van der Waals surface area contributed by atoms with Crippen molar-refractivity contribution in [3.63, 3.8) is 0 Å². The number of rotatable bonds is 5. The zero-order chi connectivity index (χ0) is 21.3. The molecule has 0 saturated heterocycles. The Hall–Kier alpha value is -3.25. The fourth-order valence-corrected chi connectivity index (χ4v) is 3.94. The van der Waals surface area contributed by atoms with Crippen LogP contribution < -0.4 is 0 Å². The largest absolute Gasteiger partial charge is 0.440 e. The Balaban J connectivity index is 1.84. The second kappa shape index (κ2) is 7.88. The van der Waals surface area contributed by atoms with E-state index < -0.39 is 9.84 Å². The van der Waals surface area contributed by atoms with Crippen LogP contribution in [0.1, 0.15) is 17.0 Å². The number of halogens is 1. The Bertz CT molecular complexity index is 1290. The molecule has 0 aliphatic carbocycles. The fourth-order valence-electron chi connectivity index (χ4n) is 3.31. The van der Waals surface area contributed by atoms with E-state index in [9.17, 15) is 12.8 Å². The van der Waals surface area contributed by atoms with Crippen molar-refractivity contribution in [3.8, 4) is 22.6 Å². The van der Waals surface area contributed by atoms with Gasteiger partial charge < -0.3 is 4.42 Å². The Kier molecular flexibility index (Phi) is 5.26. The highest BCUT2D eigenvalue weighted by Crippen LogP contribution is 2.36. The lowest BCUT2D eigenvalue weighted by Gasteiger charge is -2.06. The first-order chi connectivity index (χ1) is 14.3. The summed E-state index contributed by atoms with van der Waals surface area (Å²) in [7, 11) is -3.31. The summed E-state index contributed by atoms with van der Waals surface area (Å²) in [5.41, 5.74) is 3.37. The molecule has 0 bridgehead atoms. The van der Waals surface area contributed by atoms with Crippen molar-refractivity contribution in [1.82, 2.24) is 4.98 Å². The molecule has 0 fully saturated rings. The standard InChI is InChI=1S/C24H20FNO3S/c1-16-20(9-6-10-21(16)25)23-24(18-11-13-19(14-12-18)30(2,27)28)29-22(26-23)15-17-7-4-3-5-8-17/h3-14H,15H2,1-2H3. The van der Waals surface area contributed by atoms with E-state index >= 15 is 0 Å². The van der Waals surface area contributed by atoms with E-state index in [1.165, 1.54) is 18.2 Å². The van der Waals surface area contributed by atoms with E-state index in [1.54, 1.807) is 31.2 Å². The minimum Gasteiger partial charge on any atom is -0.440 e. The molecule has 4 nitrogen and oxygen atoms in total. The maximum absolute atomic E-state index is 14.2. The molecule has 4 rings (SSSR count). The van der Waals surface area contributed by atoms with Crippen molar-refractivity contribution < 1.29 is 17.2 Å². The van der Waals surface area contributed by atoms with E-state index in [0.29, 0.717) is 40.5 Å². The molecule has 0 N–H and O–H groups in total. The highest BCUT2D eigenvalue weighted by molar-refractivity contribution is 7.90. The molecule has 0 aliphatic heterocycles. The third-order valence-corrected chi connectivity index (χ3v) is 6.07. The minimum atomic E-state index is -3.31. The summed E-state index contributed by atoms with van der Waals surface area (Å²) in [5, 5.41) is 0. The zero-order valence-electron chi connectivity index (χ0n) is 16.6. The highest BCUT2D eigenvalue weighted by Gasteiger charge is 2.20. The van der Waals surface area contributed by atoms with Gasteiger partial charge in [0, 0.05) is 23.8 Å². The maximum atomic E-state index is 14.2. The van der Waals surface area contributed by atoms with Gasteiger partial charge in [-0.1, -0.05) is 42.5 Å². The van der Waals surface area contributed by atoms with Crippen molar-refractivity contribution >= 4 is 9.84 Å². The Morgan fingerprint density at radius 2 is 1.63 bits per heavy atom. The lowest BCUT2D eigenvalue weighted by atomic mass is 10.0. The van der Waals surface area contributed by atoms with Gasteiger partial charge in [-0.05, 0) is 48.4 Å². The van der Waals surface area contributed by atoms with E-state index in [-0.39, 0.29) is 10.7 Å². The number of nitrogens with zero attached hydrogens (tertiary/aromatic N) is 1. The molecule has 0 aliphatic rings. The predicted octanol–water partition coefficient (Wildman–Crippen LogP) is 5.45. The topological polar surface area (TPSA) is 60.2 Å². The summed E-state index contributed by atoms with van der Waals surface area (Å²) in [5.74, 6) is 0.662. The first-order valence-electron chi connectivity index (χ1n) is 9.42. The van der Waals surface area contributed by atoms with Crippen LogP contribution in [-0.4, -0.2) is 19.7 Å². The second-order valence-corrected chi connectivity index (χ2v) is 9.17. The van der Waals surface area contributed by atoms with Gasteiger partial charge >= 0.3 is 0 Å². The van der Waals surface area contributed by atoms with Crippen LogP contribution in [0.5, 0.6) is 0 Å². The van der Waals surface area contributed by atoms with E-state index in [2.05, 4.69) is 4.98 Å². The molecule has 0 radical (unpaired) electrons. The van der Waals surface area contributed by atoms with Crippen molar-refractivity contribution in [2.24, 2.45) is 0 Å². The molecule has 0 unspecified atom stereocenters. The minimum absolute atomic E-state index is 0.221. The number of sulfone groups is 1. The zero-order valence-corrected chi connectivity index (χ0v) is 17.4. The molecule has 30 heavy (non-hydrogen) atoms. The van der Waals surface area contributed by atoms with Crippen LogP contribution in [0, 0.1) is 12.7 Å². The molecule has 0 atom stereocenters. The van der Waals surface area contributed by atoms with Crippen molar-refractivity contribution in [1.29, 1.82) is 0 Å². The van der Waals surface area contributed by atoms with E-state index in [0.717, 1.165) is 11.8 Å². The van der Waals surface area contributed by atoms with E-state index in [4.69, 9.17) is 4.42 Å². The molecule has 1 heterocycles. The van der Waals surface area contributed by atoms with Crippen molar-refractivity contribution in [2.75, 3.05) is 6.26 Å². The summed E-state index contributed by atoms with van der Waals surface area (Å²) in [4.78, 5) is 4.89. The lowest BCUT2D eigenvalue weighted by Crippen LogP contribution is -1.96. The van der Waals surface area contributed by atoms with Crippen LogP contribution in [-0.2, 0) is 16.3 Å². The highest BCUT2D eigenvalue weighted by atomic mass is 32.2. The SMILES string of the molecule is Cc1c(F)cccc1-c1nc(Cc2ccccc2)oc1-c1ccc(S(C)(=O)=O)cc1. The monoisotopic (exact) mass is 421 g/mol. The predicted molar refractivity (Wildman–Crippen MR) is 114 cm³/mol. The molecule has 6 heteroatoms. The third-order valence-electron chi connectivity index (χ3n) is 4.94. The number of hydrogen-bond donors (Lipinski definition) is 0. The van der Waals surface area contributed by atoms with Crippen LogP contribution in [0.15, 0.2) is 82.1 Å². The van der Waals surface area contributed by atoms with Gasteiger partial charge in [-0.2, -0.15) is 0 Å². The molecular weight excluding hydrogens is 401 g/mol. The van der Waals surface area contributed by atoms with Crippen LogP contribution in [0.4, 0.5) is 4.39 Å². The average molecular weight is 421 g/mol. The van der Waals surface area contributed by atoms with Crippen molar-refractivity contribution in [2.45, 2.75) is 18.2 Å². The quantitative estimate of drug-likeness (QED) is 0.430. The van der Waals surface area contributed by atoms with Crippen molar-refractivity contribution in [3.05, 3.63) is 95.6 Å². The summed E-state index contributed by atoms with van der Waals surface area (Å²) >= 11 is 0. The van der Waals surface area contributed by atoms with Crippen LogP contribution in [0.2, 0.25) is 0 Å².